The summed E-state index contributed by atoms with van der Waals surface area (Å²) in [5.74, 6) is 2.10. The van der Waals surface area contributed by atoms with Crippen molar-refractivity contribution in [2.45, 2.75) is 38.6 Å². The Hall–Kier alpha value is -1.26. The van der Waals surface area contributed by atoms with Gasteiger partial charge >= 0.3 is 0 Å². The zero-order valence-electron chi connectivity index (χ0n) is 12.9. The fraction of sp³-hybridized carbons (Fsp3) is 0.562. The van der Waals surface area contributed by atoms with Crippen LogP contribution in [0.25, 0.3) is 11.0 Å². The summed E-state index contributed by atoms with van der Waals surface area (Å²) in [5, 5.41) is 0. The molecule has 0 aliphatic rings. The van der Waals surface area contributed by atoms with Crippen molar-refractivity contribution in [3.05, 3.63) is 24.0 Å². The summed E-state index contributed by atoms with van der Waals surface area (Å²) in [6, 6.07) is 6.32. The minimum Gasteiger partial charge on any atom is -0.491 e. The molecule has 0 aliphatic carbocycles. The van der Waals surface area contributed by atoms with Crippen molar-refractivity contribution in [3.8, 4) is 5.75 Å². The molecular weight excluding hydrogens is 288 g/mol. The van der Waals surface area contributed by atoms with Crippen LogP contribution in [0, 0.1) is 0 Å². The molecule has 0 aliphatic heterocycles. The Morgan fingerprint density at radius 2 is 2.14 bits per heavy atom. The highest BCUT2D eigenvalue weighted by molar-refractivity contribution is 6.16. The van der Waals surface area contributed by atoms with Crippen LogP contribution in [-0.2, 0) is 10.6 Å². The number of imidazole rings is 1. The summed E-state index contributed by atoms with van der Waals surface area (Å²) < 4.78 is 13.2. The van der Waals surface area contributed by atoms with Crippen molar-refractivity contribution in [2.24, 2.45) is 0 Å². The van der Waals surface area contributed by atoms with E-state index in [4.69, 9.17) is 21.1 Å². The maximum absolute atomic E-state index is 6.08. The van der Waals surface area contributed by atoms with Gasteiger partial charge in [0.25, 0.3) is 0 Å². The maximum atomic E-state index is 6.08. The fourth-order valence-electron chi connectivity index (χ4n) is 2.47. The van der Waals surface area contributed by atoms with Gasteiger partial charge in [0.15, 0.2) is 0 Å². The normalized spacial score (nSPS) is 12.8. The molecule has 2 aromatic rings. The van der Waals surface area contributed by atoms with Gasteiger partial charge < -0.3 is 14.0 Å². The van der Waals surface area contributed by atoms with Crippen LogP contribution in [0.4, 0.5) is 0 Å². The van der Waals surface area contributed by atoms with Crippen molar-refractivity contribution < 1.29 is 9.47 Å². The third-order valence-electron chi connectivity index (χ3n) is 3.52. The second-order valence-electron chi connectivity index (χ2n) is 5.13. The molecule has 116 valence electrons. The molecule has 1 heterocycles. The molecule has 1 atom stereocenters. The highest BCUT2D eigenvalue weighted by atomic mass is 35.5. The molecule has 0 bridgehead atoms. The lowest BCUT2D eigenvalue weighted by molar-refractivity contribution is 0.181. The molecular formula is C16H23ClN2O2. The summed E-state index contributed by atoms with van der Waals surface area (Å²) >= 11 is 6.08. The van der Waals surface area contributed by atoms with Crippen molar-refractivity contribution in [2.75, 3.05) is 20.3 Å². The molecule has 1 unspecified atom stereocenters. The molecule has 0 saturated carbocycles. The summed E-state index contributed by atoms with van der Waals surface area (Å²) in [6.45, 7) is 5.67. The second kappa shape index (κ2) is 7.66. The van der Waals surface area contributed by atoms with E-state index in [1.165, 1.54) is 0 Å². The number of fused-ring (bicyclic) bond motifs is 1. The number of halogens is 1. The van der Waals surface area contributed by atoms with E-state index in [0.29, 0.717) is 19.1 Å². The number of aromatic nitrogens is 2. The number of methoxy groups -OCH3 is 1. The average molecular weight is 311 g/mol. The third kappa shape index (κ3) is 3.50. The van der Waals surface area contributed by atoms with Gasteiger partial charge in [-0.1, -0.05) is 13.0 Å². The number of ether oxygens (including phenoxy) is 2. The van der Waals surface area contributed by atoms with Crippen LogP contribution in [0.15, 0.2) is 18.2 Å². The fourth-order valence-corrected chi connectivity index (χ4v) is 2.66. The minimum absolute atomic E-state index is 0.283. The van der Waals surface area contributed by atoms with Gasteiger partial charge in [-0.15, -0.1) is 11.6 Å². The number of hydrogen-bond acceptors (Lipinski definition) is 3. The van der Waals surface area contributed by atoms with Crippen LogP contribution >= 0.6 is 11.6 Å². The van der Waals surface area contributed by atoms with Crippen LogP contribution in [0.3, 0.4) is 0 Å². The largest absolute Gasteiger partial charge is 0.491 e. The maximum Gasteiger partial charge on any atom is 0.147 e. The van der Waals surface area contributed by atoms with Crippen LogP contribution in [0.2, 0.25) is 0 Å². The molecule has 1 aromatic heterocycles. The van der Waals surface area contributed by atoms with E-state index in [9.17, 15) is 0 Å². The highest BCUT2D eigenvalue weighted by Crippen LogP contribution is 2.30. The summed E-state index contributed by atoms with van der Waals surface area (Å²) in [4.78, 5) is 4.68. The van der Waals surface area contributed by atoms with E-state index in [0.717, 1.165) is 35.4 Å². The predicted octanol–water partition coefficient (Wildman–Crippen LogP) is 4.16. The van der Waals surface area contributed by atoms with Gasteiger partial charge in [-0.3, -0.25) is 0 Å². The van der Waals surface area contributed by atoms with Gasteiger partial charge in [-0.05, 0) is 31.9 Å². The number of para-hydroxylation sites is 1. The van der Waals surface area contributed by atoms with Gasteiger partial charge in [0.05, 0.1) is 18.0 Å². The van der Waals surface area contributed by atoms with Crippen molar-refractivity contribution in [1.29, 1.82) is 0 Å². The molecule has 1 aromatic carbocycles. The van der Waals surface area contributed by atoms with Crippen LogP contribution in [0.1, 0.15) is 38.6 Å². The first-order valence-electron chi connectivity index (χ1n) is 7.40. The summed E-state index contributed by atoms with van der Waals surface area (Å²) in [6.07, 6.45) is 1.90. The standard InChI is InChI=1S/C16H23ClN2O2/c1-4-9-21-14-7-5-6-13-16(14)18-15(11-17)19(13)12(2)8-10-20-3/h5-7,12H,4,8-11H2,1-3H3. The Balaban J connectivity index is 2.43. The second-order valence-corrected chi connectivity index (χ2v) is 5.40. The Morgan fingerprint density at radius 3 is 2.81 bits per heavy atom. The zero-order valence-corrected chi connectivity index (χ0v) is 13.7. The lowest BCUT2D eigenvalue weighted by atomic mass is 10.2. The Labute approximate surface area is 131 Å². The Bertz CT molecular complexity index is 583. The van der Waals surface area contributed by atoms with E-state index < -0.39 is 0 Å². The number of nitrogens with zero attached hydrogens (tertiary/aromatic N) is 2. The molecule has 0 saturated heterocycles. The van der Waals surface area contributed by atoms with E-state index in [-0.39, 0.29) is 6.04 Å². The molecule has 0 spiro atoms. The summed E-state index contributed by atoms with van der Waals surface area (Å²) in [7, 11) is 1.72. The van der Waals surface area contributed by atoms with Gasteiger partial charge in [-0.2, -0.15) is 0 Å². The first kappa shape index (κ1) is 16.1. The Morgan fingerprint density at radius 1 is 1.33 bits per heavy atom. The van der Waals surface area contributed by atoms with Gasteiger partial charge in [0.2, 0.25) is 0 Å². The third-order valence-corrected chi connectivity index (χ3v) is 3.76. The quantitative estimate of drug-likeness (QED) is 0.687. The molecule has 5 heteroatoms. The SMILES string of the molecule is CCCOc1cccc2c1nc(CCl)n2C(C)CCOC. The average Bonchev–Trinajstić information content (AvgIpc) is 2.89. The molecule has 21 heavy (non-hydrogen) atoms. The minimum atomic E-state index is 0.283. The van der Waals surface area contributed by atoms with Gasteiger partial charge in [-0.25, -0.2) is 4.98 Å². The van der Waals surface area contributed by atoms with E-state index in [1.807, 2.05) is 12.1 Å². The smallest absolute Gasteiger partial charge is 0.147 e. The topological polar surface area (TPSA) is 36.3 Å². The molecule has 0 radical (unpaired) electrons. The molecule has 2 rings (SSSR count). The van der Waals surface area contributed by atoms with Crippen molar-refractivity contribution in [3.63, 3.8) is 0 Å². The van der Waals surface area contributed by atoms with Crippen molar-refractivity contribution >= 4 is 22.6 Å². The molecule has 4 nitrogen and oxygen atoms in total. The highest BCUT2D eigenvalue weighted by Gasteiger charge is 2.17. The lowest BCUT2D eigenvalue weighted by Gasteiger charge is -2.16. The van der Waals surface area contributed by atoms with Crippen LogP contribution in [-0.4, -0.2) is 29.9 Å². The molecule has 0 N–H and O–H groups in total. The molecule has 0 amide bonds. The van der Waals surface area contributed by atoms with Crippen LogP contribution in [0.5, 0.6) is 5.75 Å². The predicted molar refractivity (Wildman–Crippen MR) is 86.3 cm³/mol. The van der Waals surface area contributed by atoms with E-state index in [1.54, 1.807) is 7.11 Å². The first-order valence-corrected chi connectivity index (χ1v) is 7.93. The monoisotopic (exact) mass is 310 g/mol. The Kier molecular flexibility index (Phi) is 5.88. The van der Waals surface area contributed by atoms with E-state index in [2.05, 4.69) is 29.5 Å². The lowest BCUT2D eigenvalue weighted by Crippen LogP contribution is -2.10. The van der Waals surface area contributed by atoms with Gasteiger partial charge in [0, 0.05) is 19.8 Å². The van der Waals surface area contributed by atoms with Gasteiger partial charge in [0.1, 0.15) is 17.1 Å². The number of rotatable bonds is 8. The zero-order chi connectivity index (χ0) is 15.2. The van der Waals surface area contributed by atoms with Crippen LogP contribution < -0.4 is 4.74 Å². The molecule has 0 fully saturated rings. The number of alkyl halides is 1. The number of benzene rings is 1. The summed E-state index contributed by atoms with van der Waals surface area (Å²) in [5.41, 5.74) is 1.97. The number of hydrogen-bond donors (Lipinski definition) is 0. The first-order chi connectivity index (χ1) is 10.2. The van der Waals surface area contributed by atoms with Crippen molar-refractivity contribution in [1.82, 2.24) is 9.55 Å². The van der Waals surface area contributed by atoms with E-state index >= 15 is 0 Å².